The van der Waals surface area contributed by atoms with Gasteiger partial charge in [-0.05, 0) is 44.5 Å². The van der Waals surface area contributed by atoms with Crippen LogP contribution in [0.1, 0.15) is 61.4 Å². The van der Waals surface area contributed by atoms with Gasteiger partial charge in [-0.2, -0.15) is 0 Å². The standard InChI is InChI=1S/C29H36FN5O4S/c1-28(2,3)39-27(38)35(18-29(4,5)24(36)15-19-9-6-7-11-21(19)31)14-12-25-34-23(17-40-25)26(37)33-16-22-20(30)10-8-13-32-22/h6-11,13,17H,12,14-16,18,31H2,1-5H3,(H,33,37). The van der Waals surface area contributed by atoms with Gasteiger partial charge in [-0.1, -0.05) is 32.0 Å². The number of benzene rings is 1. The molecule has 0 aliphatic rings. The number of nitrogens with one attached hydrogen (secondary N) is 1. The number of nitrogen functional groups attached to an aromatic ring is 1. The number of aromatic nitrogens is 2. The van der Waals surface area contributed by atoms with Crippen LogP contribution in [0.5, 0.6) is 0 Å². The summed E-state index contributed by atoms with van der Waals surface area (Å²) in [7, 11) is 0. The first-order valence-electron chi connectivity index (χ1n) is 12.9. The number of thiazole rings is 1. The van der Waals surface area contributed by atoms with E-state index in [2.05, 4.69) is 15.3 Å². The Hall–Kier alpha value is -3.86. The van der Waals surface area contributed by atoms with Gasteiger partial charge in [0.15, 0.2) is 0 Å². The highest BCUT2D eigenvalue weighted by Crippen LogP contribution is 2.25. The smallest absolute Gasteiger partial charge is 0.410 e. The summed E-state index contributed by atoms with van der Waals surface area (Å²) in [6, 6.07) is 9.97. The molecule has 0 fully saturated rings. The molecule has 3 aromatic rings. The highest BCUT2D eigenvalue weighted by molar-refractivity contribution is 7.09. The number of Topliss-reactive ketones (excluding diaryl/α,β-unsaturated/α-hetero) is 1. The fourth-order valence-corrected chi connectivity index (χ4v) is 4.57. The molecule has 3 rings (SSSR count). The number of carbonyl (C=O) groups is 3. The molecule has 0 radical (unpaired) electrons. The van der Waals surface area contributed by atoms with Crippen molar-refractivity contribution in [1.82, 2.24) is 20.2 Å². The van der Waals surface area contributed by atoms with Gasteiger partial charge in [0.05, 0.1) is 17.2 Å². The number of para-hydroxylation sites is 1. The van der Waals surface area contributed by atoms with Crippen molar-refractivity contribution in [2.75, 3.05) is 18.8 Å². The maximum atomic E-state index is 13.8. The first-order chi connectivity index (χ1) is 18.7. The molecule has 0 aliphatic heterocycles. The number of rotatable bonds is 11. The molecule has 3 N–H and O–H groups in total. The Morgan fingerprint density at radius 3 is 2.50 bits per heavy atom. The van der Waals surface area contributed by atoms with Gasteiger partial charge in [0, 0.05) is 48.6 Å². The Balaban J connectivity index is 1.66. The molecule has 2 aromatic heterocycles. The van der Waals surface area contributed by atoms with Crippen LogP contribution < -0.4 is 11.1 Å². The van der Waals surface area contributed by atoms with Crippen LogP contribution in [0, 0.1) is 11.2 Å². The Labute approximate surface area is 238 Å². The van der Waals surface area contributed by atoms with E-state index in [9.17, 15) is 18.8 Å². The van der Waals surface area contributed by atoms with E-state index in [0.29, 0.717) is 17.1 Å². The van der Waals surface area contributed by atoms with Crippen LogP contribution in [0.4, 0.5) is 14.9 Å². The van der Waals surface area contributed by atoms with Crippen molar-refractivity contribution in [3.8, 4) is 0 Å². The van der Waals surface area contributed by atoms with Crippen LogP contribution in [-0.2, 0) is 28.9 Å². The summed E-state index contributed by atoms with van der Waals surface area (Å²) in [5.74, 6) is -1.02. The minimum Gasteiger partial charge on any atom is -0.444 e. The van der Waals surface area contributed by atoms with E-state index in [-0.39, 0.29) is 43.2 Å². The topological polar surface area (TPSA) is 128 Å². The SMILES string of the molecule is CC(C)(C)OC(=O)N(CCc1nc(C(=O)NCc2ncccc2F)cs1)CC(C)(C)C(=O)Cc1ccccc1N. The van der Waals surface area contributed by atoms with Gasteiger partial charge in [0.2, 0.25) is 0 Å². The molecule has 1 aromatic carbocycles. The summed E-state index contributed by atoms with van der Waals surface area (Å²) in [6.45, 7) is 9.21. The quantitative estimate of drug-likeness (QED) is 0.317. The fraction of sp³-hybridized carbons (Fsp3) is 0.414. The molecule has 11 heteroatoms. The van der Waals surface area contributed by atoms with Crippen LogP contribution in [0.2, 0.25) is 0 Å². The van der Waals surface area contributed by atoms with Crippen LogP contribution >= 0.6 is 11.3 Å². The lowest BCUT2D eigenvalue weighted by Crippen LogP contribution is -2.45. The Bertz CT molecular complexity index is 1350. The minimum absolute atomic E-state index is 0.0588. The number of nitrogens with two attached hydrogens (primary N) is 1. The van der Waals surface area contributed by atoms with Crippen molar-refractivity contribution in [2.45, 2.75) is 59.6 Å². The van der Waals surface area contributed by atoms with Gasteiger partial charge in [0.1, 0.15) is 22.9 Å². The number of ketones is 1. The summed E-state index contributed by atoms with van der Waals surface area (Å²) >= 11 is 1.28. The van der Waals surface area contributed by atoms with Gasteiger partial charge in [0.25, 0.3) is 5.91 Å². The van der Waals surface area contributed by atoms with Gasteiger partial charge in [-0.25, -0.2) is 14.2 Å². The summed E-state index contributed by atoms with van der Waals surface area (Å²) in [6.07, 6.45) is 1.41. The molecule has 0 aliphatic carbocycles. The highest BCUT2D eigenvalue weighted by atomic mass is 32.1. The number of amides is 2. The third-order valence-electron chi connectivity index (χ3n) is 6.03. The van der Waals surface area contributed by atoms with Crippen molar-refractivity contribution >= 4 is 34.8 Å². The van der Waals surface area contributed by atoms with Crippen molar-refractivity contribution in [1.29, 1.82) is 0 Å². The lowest BCUT2D eigenvalue weighted by atomic mass is 9.84. The average molecular weight is 570 g/mol. The molecule has 9 nitrogen and oxygen atoms in total. The second-order valence-electron chi connectivity index (χ2n) is 11.1. The second kappa shape index (κ2) is 13.0. The molecule has 214 valence electrons. The molecule has 0 saturated heterocycles. The largest absolute Gasteiger partial charge is 0.444 e. The normalized spacial score (nSPS) is 11.7. The third kappa shape index (κ3) is 8.84. The predicted octanol–water partition coefficient (Wildman–Crippen LogP) is 4.81. The predicted molar refractivity (Wildman–Crippen MR) is 152 cm³/mol. The van der Waals surface area contributed by atoms with Crippen molar-refractivity contribution < 1.29 is 23.5 Å². The zero-order valence-electron chi connectivity index (χ0n) is 23.5. The van der Waals surface area contributed by atoms with E-state index in [1.165, 1.54) is 34.6 Å². The Morgan fingerprint density at radius 2 is 1.82 bits per heavy atom. The summed E-state index contributed by atoms with van der Waals surface area (Å²) < 4.78 is 19.4. The molecular weight excluding hydrogens is 533 g/mol. The first kappa shape index (κ1) is 30.7. The number of pyridine rings is 1. The van der Waals surface area contributed by atoms with Gasteiger partial charge < -0.3 is 20.7 Å². The van der Waals surface area contributed by atoms with Crippen LogP contribution in [0.25, 0.3) is 0 Å². The van der Waals surface area contributed by atoms with E-state index in [4.69, 9.17) is 10.5 Å². The summed E-state index contributed by atoms with van der Waals surface area (Å²) in [5, 5.41) is 4.85. The maximum Gasteiger partial charge on any atom is 0.410 e. The molecular formula is C29H36FN5O4S. The number of nitrogens with zero attached hydrogens (tertiary/aromatic N) is 3. The zero-order valence-corrected chi connectivity index (χ0v) is 24.3. The number of hydrogen-bond acceptors (Lipinski definition) is 8. The van der Waals surface area contributed by atoms with Crippen molar-refractivity contribution in [3.05, 3.63) is 75.8 Å². The Kier molecular flexibility index (Phi) is 9.97. The molecule has 2 amide bonds. The second-order valence-corrected chi connectivity index (χ2v) is 12.0. The van der Waals surface area contributed by atoms with E-state index >= 15 is 0 Å². The average Bonchev–Trinajstić information content (AvgIpc) is 3.35. The maximum absolute atomic E-state index is 13.8. The monoisotopic (exact) mass is 569 g/mol. The first-order valence-corrected chi connectivity index (χ1v) is 13.8. The Morgan fingerprint density at radius 1 is 1.10 bits per heavy atom. The minimum atomic E-state index is -0.881. The van der Waals surface area contributed by atoms with Crippen LogP contribution in [0.3, 0.4) is 0 Å². The fourth-order valence-electron chi connectivity index (χ4n) is 3.80. The van der Waals surface area contributed by atoms with E-state index < -0.39 is 28.8 Å². The molecule has 0 saturated carbocycles. The number of ether oxygens (including phenoxy) is 1. The molecule has 0 unspecified atom stereocenters. The molecule has 0 atom stereocenters. The van der Waals surface area contributed by atoms with Crippen molar-refractivity contribution in [2.24, 2.45) is 5.41 Å². The third-order valence-corrected chi connectivity index (χ3v) is 6.94. The molecule has 0 bridgehead atoms. The van der Waals surface area contributed by atoms with Crippen LogP contribution in [0.15, 0.2) is 48.0 Å². The van der Waals surface area contributed by atoms with E-state index in [0.717, 1.165) is 5.56 Å². The molecule has 40 heavy (non-hydrogen) atoms. The zero-order chi connectivity index (χ0) is 29.5. The number of hydrogen-bond donors (Lipinski definition) is 2. The van der Waals surface area contributed by atoms with Gasteiger partial charge in [-0.3, -0.25) is 14.6 Å². The summed E-state index contributed by atoms with van der Waals surface area (Å²) in [5.41, 5.74) is 6.04. The molecule has 0 spiro atoms. The van der Waals surface area contributed by atoms with Gasteiger partial charge in [-0.15, -0.1) is 11.3 Å². The lowest BCUT2D eigenvalue weighted by Gasteiger charge is -2.33. The van der Waals surface area contributed by atoms with Crippen molar-refractivity contribution in [3.63, 3.8) is 0 Å². The van der Waals surface area contributed by atoms with E-state index in [1.807, 2.05) is 18.2 Å². The highest BCUT2D eigenvalue weighted by Gasteiger charge is 2.33. The number of anilines is 1. The number of carbonyl (C=O) groups excluding carboxylic acids is 3. The van der Waals surface area contributed by atoms with Crippen LogP contribution in [-0.4, -0.2) is 51.3 Å². The lowest BCUT2D eigenvalue weighted by molar-refractivity contribution is -0.127. The van der Waals surface area contributed by atoms with Gasteiger partial charge >= 0.3 is 6.09 Å². The summed E-state index contributed by atoms with van der Waals surface area (Å²) in [4.78, 5) is 48.7. The molecule has 2 heterocycles. The van der Waals surface area contributed by atoms with E-state index in [1.54, 1.807) is 46.1 Å². The number of halogens is 1.